The highest BCUT2D eigenvalue weighted by Gasteiger charge is 2.27. The van der Waals surface area contributed by atoms with Crippen molar-refractivity contribution in [2.24, 2.45) is 0 Å². The van der Waals surface area contributed by atoms with E-state index in [-0.39, 0.29) is 6.10 Å². The molecule has 1 fully saturated rings. The third kappa shape index (κ3) is 3.19. The number of nitrogens with zero attached hydrogens (tertiary/aromatic N) is 2. The minimum Gasteiger partial charge on any atom is -0.460 e. The number of furan rings is 1. The Morgan fingerprint density at radius 2 is 2.38 bits per heavy atom. The molecule has 5 heteroatoms. The van der Waals surface area contributed by atoms with Gasteiger partial charge in [0.1, 0.15) is 11.5 Å². The second-order valence-corrected chi connectivity index (χ2v) is 6.03. The van der Waals surface area contributed by atoms with Crippen molar-refractivity contribution in [3.8, 4) is 11.5 Å². The van der Waals surface area contributed by atoms with Gasteiger partial charge in [-0.2, -0.15) is 5.10 Å². The molecule has 2 aromatic heterocycles. The number of hydrogen-bond donors (Lipinski definition) is 2. The van der Waals surface area contributed by atoms with Crippen LogP contribution < -0.4 is 0 Å². The molecule has 1 aliphatic rings. The molecular formula is C16H23N3O2. The van der Waals surface area contributed by atoms with Crippen molar-refractivity contribution in [3.63, 3.8) is 0 Å². The van der Waals surface area contributed by atoms with Crippen molar-refractivity contribution in [3.05, 3.63) is 29.7 Å². The number of H-pyrrole nitrogens is 1. The zero-order valence-electron chi connectivity index (χ0n) is 12.7. The minimum atomic E-state index is -0.243. The van der Waals surface area contributed by atoms with E-state index in [0.29, 0.717) is 6.04 Å². The van der Waals surface area contributed by atoms with Crippen LogP contribution in [0, 0.1) is 6.92 Å². The van der Waals surface area contributed by atoms with E-state index in [9.17, 15) is 5.11 Å². The molecule has 3 heterocycles. The van der Waals surface area contributed by atoms with Crippen LogP contribution in [0.25, 0.3) is 11.5 Å². The van der Waals surface area contributed by atoms with Crippen LogP contribution in [-0.4, -0.2) is 38.9 Å². The van der Waals surface area contributed by atoms with Gasteiger partial charge in [0.25, 0.3) is 0 Å². The first-order valence-corrected chi connectivity index (χ1v) is 7.64. The molecule has 0 spiro atoms. The number of aliphatic hydroxyl groups excluding tert-OH is 1. The van der Waals surface area contributed by atoms with E-state index < -0.39 is 0 Å². The average molecular weight is 289 g/mol. The molecule has 2 N–H and O–H groups in total. The van der Waals surface area contributed by atoms with Crippen LogP contribution in [0.3, 0.4) is 0 Å². The highest BCUT2D eigenvalue weighted by Crippen LogP contribution is 2.28. The summed E-state index contributed by atoms with van der Waals surface area (Å²) in [5.74, 6) is 1.74. The largest absolute Gasteiger partial charge is 0.460 e. The zero-order chi connectivity index (χ0) is 14.8. The molecule has 5 nitrogen and oxygen atoms in total. The van der Waals surface area contributed by atoms with E-state index in [4.69, 9.17) is 4.42 Å². The van der Waals surface area contributed by atoms with E-state index in [0.717, 1.165) is 48.7 Å². The molecule has 0 amide bonds. The predicted octanol–water partition coefficient (Wildman–Crippen LogP) is 2.71. The van der Waals surface area contributed by atoms with Crippen LogP contribution in [0.5, 0.6) is 0 Å². The molecule has 21 heavy (non-hydrogen) atoms. The monoisotopic (exact) mass is 289 g/mol. The van der Waals surface area contributed by atoms with E-state index in [2.05, 4.69) is 15.1 Å². The van der Waals surface area contributed by atoms with Gasteiger partial charge in [-0.3, -0.25) is 10.00 Å². The number of hydrogen-bond acceptors (Lipinski definition) is 4. The van der Waals surface area contributed by atoms with Gasteiger partial charge in [-0.15, -0.1) is 0 Å². The van der Waals surface area contributed by atoms with Gasteiger partial charge < -0.3 is 9.52 Å². The van der Waals surface area contributed by atoms with Gasteiger partial charge in [-0.1, -0.05) is 0 Å². The lowest BCUT2D eigenvalue weighted by atomic mass is 10.1. The first-order chi connectivity index (χ1) is 10.1. The van der Waals surface area contributed by atoms with Gasteiger partial charge >= 0.3 is 0 Å². The van der Waals surface area contributed by atoms with Crippen molar-refractivity contribution >= 4 is 0 Å². The van der Waals surface area contributed by atoms with Crippen molar-refractivity contribution in [2.45, 2.75) is 51.8 Å². The van der Waals surface area contributed by atoms with E-state index in [1.807, 2.05) is 32.2 Å². The maximum absolute atomic E-state index is 9.63. The summed E-state index contributed by atoms with van der Waals surface area (Å²) in [7, 11) is 0. The summed E-state index contributed by atoms with van der Waals surface area (Å²) < 4.78 is 5.69. The van der Waals surface area contributed by atoms with Crippen LogP contribution in [0.15, 0.2) is 22.7 Å². The van der Waals surface area contributed by atoms with Crippen LogP contribution >= 0.6 is 0 Å². The summed E-state index contributed by atoms with van der Waals surface area (Å²) >= 11 is 0. The highest BCUT2D eigenvalue weighted by molar-refractivity contribution is 5.56. The Morgan fingerprint density at radius 3 is 3.10 bits per heavy atom. The molecule has 1 saturated heterocycles. The molecule has 0 radical (unpaired) electrons. The SMILES string of the molecule is Cc1ccc(-c2[nH]ncc2CN2CCCC2CC(C)O)o1. The topological polar surface area (TPSA) is 65.3 Å². The van der Waals surface area contributed by atoms with Crippen molar-refractivity contribution in [1.29, 1.82) is 0 Å². The lowest BCUT2D eigenvalue weighted by Gasteiger charge is -2.25. The number of nitrogens with one attached hydrogen (secondary N) is 1. The molecule has 0 aliphatic carbocycles. The third-order valence-corrected chi connectivity index (χ3v) is 4.19. The van der Waals surface area contributed by atoms with Crippen molar-refractivity contribution in [2.75, 3.05) is 6.54 Å². The van der Waals surface area contributed by atoms with Gasteiger partial charge in [0.15, 0.2) is 5.76 Å². The molecule has 0 aromatic carbocycles. The Hall–Kier alpha value is -1.59. The number of aromatic amines is 1. The Balaban J connectivity index is 1.75. The molecular weight excluding hydrogens is 266 g/mol. The fraction of sp³-hybridized carbons (Fsp3) is 0.562. The molecule has 0 bridgehead atoms. The summed E-state index contributed by atoms with van der Waals surface area (Å²) in [4.78, 5) is 2.44. The fourth-order valence-electron chi connectivity index (χ4n) is 3.20. The summed E-state index contributed by atoms with van der Waals surface area (Å²) in [6.45, 7) is 5.74. The number of rotatable bonds is 5. The minimum absolute atomic E-state index is 0.243. The fourth-order valence-corrected chi connectivity index (χ4v) is 3.20. The Morgan fingerprint density at radius 1 is 1.52 bits per heavy atom. The van der Waals surface area contributed by atoms with E-state index >= 15 is 0 Å². The Labute approximate surface area is 125 Å². The molecule has 2 atom stereocenters. The maximum Gasteiger partial charge on any atom is 0.152 e. The summed E-state index contributed by atoms with van der Waals surface area (Å²) in [6, 6.07) is 4.40. The number of aryl methyl sites for hydroxylation is 1. The van der Waals surface area contributed by atoms with Gasteiger partial charge in [0.05, 0.1) is 12.3 Å². The van der Waals surface area contributed by atoms with Crippen molar-refractivity contribution in [1.82, 2.24) is 15.1 Å². The first-order valence-electron chi connectivity index (χ1n) is 7.64. The highest BCUT2D eigenvalue weighted by atomic mass is 16.3. The molecule has 114 valence electrons. The lowest BCUT2D eigenvalue weighted by Crippen LogP contribution is -2.31. The van der Waals surface area contributed by atoms with Gasteiger partial charge in [-0.25, -0.2) is 0 Å². The number of aliphatic hydroxyl groups is 1. The quantitative estimate of drug-likeness (QED) is 0.888. The van der Waals surface area contributed by atoms with Crippen molar-refractivity contribution < 1.29 is 9.52 Å². The molecule has 2 aromatic rings. The standard InChI is InChI=1S/C16H23N3O2/c1-11(20)8-14-4-3-7-19(14)10-13-9-17-18-16(13)15-6-5-12(2)21-15/h5-6,9,11,14,20H,3-4,7-8,10H2,1-2H3,(H,17,18). The molecule has 3 rings (SSSR count). The van der Waals surface area contributed by atoms with Gasteiger partial charge in [0.2, 0.25) is 0 Å². The number of likely N-dealkylation sites (tertiary alicyclic amines) is 1. The zero-order valence-corrected chi connectivity index (χ0v) is 12.7. The maximum atomic E-state index is 9.63. The normalized spacial score (nSPS) is 21.0. The average Bonchev–Trinajstić information content (AvgIpc) is 3.12. The Bertz CT molecular complexity index is 588. The van der Waals surface area contributed by atoms with Crippen LogP contribution in [-0.2, 0) is 6.54 Å². The van der Waals surface area contributed by atoms with Gasteiger partial charge in [-0.05, 0) is 51.8 Å². The molecule has 2 unspecified atom stereocenters. The smallest absolute Gasteiger partial charge is 0.152 e. The summed E-state index contributed by atoms with van der Waals surface area (Å²) in [6.07, 6.45) is 4.84. The van der Waals surface area contributed by atoms with E-state index in [1.165, 1.54) is 6.42 Å². The second-order valence-electron chi connectivity index (χ2n) is 6.03. The van der Waals surface area contributed by atoms with Crippen LogP contribution in [0.4, 0.5) is 0 Å². The number of aromatic nitrogens is 2. The first kappa shape index (κ1) is 14.4. The predicted molar refractivity (Wildman–Crippen MR) is 80.8 cm³/mol. The summed E-state index contributed by atoms with van der Waals surface area (Å²) in [5, 5.41) is 16.9. The van der Waals surface area contributed by atoms with E-state index in [1.54, 1.807) is 0 Å². The second kappa shape index (κ2) is 6.03. The Kier molecular flexibility index (Phi) is 4.12. The summed E-state index contributed by atoms with van der Waals surface area (Å²) in [5.41, 5.74) is 2.12. The van der Waals surface area contributed by atoms with Crippen LogP contribution in [0.1, 0.15) is 37.5 Å². The molecule has 0 saturated carbocycles. The van der Waals surface area contributed by atoms with Crippen LogP contribution in [0.2, 0.25) is 0 Å². The lowest BCUT2D eigenvalue weighted by molar-refractivity contribution is 0.131. The molecule has 1 aliphatic heterocycles. The van der Waals surface area contributed by atoms with Gasteiger partial charge in [0, 0.05) is 18.2 Å². The third-order valence-electron chi connectivity index (χ3n) is 4.19.